The first-order valence-electron chi connectivity index (χ1n) is 8.93. The van der Waals surface area contributed by atoms with Gasteiger partial charge in [0.1, 0.15) is 0 Å². The SMILES string of the molecule is CCCN(CC)CCNC1CCCC(C(C)(C)C)CC1. The number of hydrogen-bond acceptors (Lipinski definition) is 2. The highest BCUT2D eigenvalue weighted by Gasteiger charge is 2.27. The van der Waals surface area contributed by atoms with Gasteiger partial charge in [-0.3, -0.25) is 0 Å². The molecule has 1 saturated carbocycles. The third-order valence-corrected chi connectivity index (χ3v) is 5.04. The highest BCUT2D eigenvalue weighted by Crippen LogP contribution is 2.36. The van der Waals surface area contributed by atoms with E-state index in [1.807, 2.05) is 0 Å². The van der Waals surface area contributed by atoms with Crippen LogP contribution in [-0.4, -0.2) is 37.1 Å². The highest BCUT2D eigenvalue weighted by molar-refractivity contribution is 4.81. The maximum atomic E-state index is 3.82. The fourth-order valence-electron chi connectivity index (χ4n) is 3.54. The van der Waals surface area contributed by atoms with Crippen LogP contribution in [0.4, 0.5) is 0 Å². The summed E-state index contributed by atoms with van der Waals surface area (Å²) in [5, 5.41) is 3.82. The molecule has 0 aromatic heterocycles. The smallest absolute Gasteiger partial charge is 0.0107 e. The molecule has 0 spiro atoms. The summed E-state index contributed by atoms with van der Waals surface area (Å²) in [5.74, 6) is 0.918. The van der Waals surface area contributed by atoms with E-state index in [-0.39, 0.29) is 0 Å². The third kappa shape index (κ3) is 6.58. The molecule has 0 heterocycles. The van der Waals surface area contributed by atoms with Crippen LogP contribution in [0.1, 0.15) is 73.1 Å². The molecule has 1 fully saturated rings. The van der Waals surface area contributed by atoms with Crippen molar-refractivity contribution in [2.24, 2.45) is 11.3 Å². The molecule has 2 unspecified atom stereocenters. The summed E-state index contributed by atoms with van der Waals surface area (Å²) in [6, 6.07) is 0.766. The number of nitrogens with one attached hydrogen (secondary N) is 1. The van der Waals surface area contributed by atoms with Gasteiger partial charge in [0, 0.05) is 19.1 Å². The van der Waals surface area contributed by atoms with Crippen molar-refractivity contribution in [3.63, 3.8) is 0 Å². The lowest BCUT2D eigenvalue weighted by Gasteiger charge is -2.29. The molecule has 1 aliphatic carbocycles. The van der Waals surface area contributed by atoms with E-state index in [9.17, 15) is 0 Å². The van der Waals surface area contributed by atoms with Gasteiger partial charge in [0.15, 0.2) is 0 Å². The predicted molar refractivity (Wildman–Crippen MR) is 90.2 cm³/mol. The van der Waals surface area contributed by atoms with Crippen molar-refractivity contribution in [1.29, 1.82) is 0 Å². The van der Waals surface area contributed by atoms with Gasteiger partial charge in [-0.25, -0.2) is 0 Å². The monoisotopic (exact) mass is 282 g/mol. The third-order valence-electron chi connectivity index (χ3n) is 5.04. The van der Waals surface area contributed by atoms with Gasteiger partial charge in [0.2, 0.25) is 0 Å². The van der Waals surface area contributed by atoms with Crippen LogP contribution in [-0.2, 0) is 0 Å². The summed E-state index contributed by atoms with van der Waals surface area (Å²) >= 11 is 0. The molecule has 0 amide bonds. The number of nitrogens with zero attached hydrogens (tertiary/aromatic N) is 1. The van der Waals surface area contributed by atoms with Crippen molar-refractivity contribution in [1.82, 2.24) is 10.2 Å². The molecule has 1 aliphatic rings. The molecule has 0 radical (unpaired) electrons. The lowest BCUT2D eigenvalue weighted by molar-refractivity contribution is 0.213. The molecular formula is C18H38N2. The van der Waals surface area contributed by atoms with Crippen molar-refractivity contribution < 1.29 is 0 Å². The fourth-order valence-corrected chi connectivity index (χ4v) is 3.54. The van der Waals surface area contributed by atoms with Crippen LogP contribution >= 0.6 is 0 Å². The highest BCUT2D eigenvalue weighted by atomic mass is 15.1. The van der Waals surface area contributed by atoms with Crippen LogP contribution in [0.15, 0.2) is 0 Å². The molecule has 2 atom stereocenters. The second-order valence-corrected chi connectivity index (χ2v) is 7.66. The quantitative estimate of drug-likeness (QED) is 0.700. The van der Waals surface area contributed by atoms with Crippen LogP contribution in [0.3, 0.4) is 0 Å². The Hall–Kier alpha value is -0.0800. The first-order chi connectivity index (χ1) is 9.47. The first kappa shape index (κ1) is 18.0. The van der Waals surface area contributed by atoms with Crippen LogP contribution in [0.5, 0.6) is 0 Å². The van der Waals surface area contributed by atoms with E-state index in [4.69, 9.17) is 0 Å². The largest absolute Gasteiger partial charge is 0.313 e. The molecule has 0 saturated heterocycles. The summed E-state index contributed by atoms with van der Waals surface area (Å²) in [6.07, 6.45) is 8.27. The van der Waals surface area contributed by atoms with Crippen LogP contribution in [0.2, 0.25) is 0 Å². The summed E-state index contributed by atoms with van der Waals surface area (Å²) in [5.41, 5.74) is 0.495. The second-order valence-electron chi connectivity index (χ2n) is 7.66. The van der Waals surface area contributed by atoms with E-state index < -0.39 is 0 Å². The Morgan fingerprint density at radius 3 is 2.35 bits per heavy atom. The van der Waals surface area contributed by atoms with Gasteiger partial charge in [0.25, 0.3) is 0 Å². The van der Waals surface area contributed by atoms with Gasteiger partial charge in [-0.1, -0.05) is 41.0 Å². The number of hydrogen-bond donors (Lipinski definition) is 1. The lowest BCUT2D eigenvalue weighted by atomic mass is 9.76. The Bertz CT molecular complexity index is 244. The van der Waals surface area contributed by atoms with Crippen LogP contribution in [0.25, 0.3) is 0 Å². The summed E-state index contributed by atoms with van der Waals surface area (Å²) in [6.45, 7) is 16.6. The van der Waals surface area contributed by atoms with E-state index in [1.165, 1.54) is 64.7 Å². The Labute approximate surface area is 127 Å². The minimum atomic E-state index is 0.495. The Morgan fingerprint density at radius 2 is 1.75 bits per heavy atom. The average Bonchev–Trinajstić information content (AvgIpc) is 2.63. The normalized spacial score (nSPS) is 24.9. The zero-order chi connectivity index (χ0) is 15.0. The summed E-state index contributed by atoms with van der Waals surface area (Å²) < 4.78 is 0. The molecule has 120 valence electrons. The van der Waals surface area contributed by atoms with E-state index in [0.717, 1.165) is 12.0 Å². The maximum Gasteiger partial charge on any atom is 0.0107 e. The van der Waals surface area contributed by atoms with Gasteiger partial charge in [-0.2, -0.15) is 0 Å². The van der Waals surface area contributed by atoms with E-state index in [2.05, 4.69) is 44.8 Å². The minimum Gasteiger partial charge on any atom is -0.313 e. The summed E-state index contributed by atoms with van der Waals surface area (Å²) in [4.78, 5) is 2.56. The molecule has 2 nitrogen and oxygen atoms in total. The number of likely N-dealkylation sites (N-methyl/N-ethyl adjacent to an activating group) is 1. The molecule has 1 N–H and O–H groups in total. The number of rotatable bonds is 7. The molecule has 2 heteroatoms. The molecule has 20 heavy (non-hydrogen) atoms. The molecule has 0 aromatic carbocycles. The van der Waals surface area contributed by atoms with Crippen molar-refractivity contribution in [3.8, 4) is 0 Å². The Balaban J connectivity index is 2.25. The molecular weight excluding hydrogens is 244 g/mol. The maximum absolute atomic E-state index is 3.82. The van der Waals surface area contributed by atoms with Gasteiger partial charge >= 0.3 is 0 Å². The Kier molecular flexibility index (Phi) is 8.13. The van der Waals surface area contributed by atoms with E-state index in [1.54, 1.807) is 0 Å². The first-order valence-corrected chi connectivity index (χ1v) is 8.93. The van der Waals surface area contributed by atoms with E-state index >= 15 is 0 Å². The van der Waals surface area contributed by atoms with Crippen molar-refractivity contribution in [2.75, 3.05) is 26.2 Å². The zero-order valence-corrected chi connectivity index (χ0v) is 14.7. The zero-order valence-electron chi connectivity index (χ0n) is 14.7. The van der Waals surface area contributed by atoms with Crippen molar-refractivity contribution >= 4 is 0 Å². The van der Waals surface area contributed by atoms with Gasteiger partial charge in [0.05, 0.1) is 0 Å². The fraction of sp³-hybridized carbons (Fsp3) is 1.00. The lowest BCUT2D eigenvalue weighted by Crippen LogP contribution is -2.37. The second kappa shape index (κ2) is 9.04. The van der Waals surface area contributed by atoms with Gasteiger partial charge in [-0.15, -0.1) is 0 Å². The van der Waals surface area contributed by atoms with E-state index in [0.29, 0.717) is 5.41 Å². The van der Waals surface area contributed by atoms with Crippen molar-refractivity contribution in [2.45, 2.75) is 79.2 Å². The van der Waals surface area contributed by atoms with Crippen LogP contribution in [0, 0.1) is 11.3 Å². The minimum absolute atomic E-state index is 0.495. The van der Waals surface area contributed by atoms with Crippen LogP contribution < -0.4 is 5.32 Å². The molecule has 0 bridgehead atoms. The standard InChI is InChI=1S/C18H38N2/c1-6-14-20(7-2)15-13-19-17-10-8-9-16(11-12-17)18(3,4)5/h16-17,19H,6-15H2,1-5H3. The Morgan fingerprint density at radius 1 is 1.00 bits per heavy atom. The predicted octanol–water partition coefficient (Wildman–Crippen LogP) is 4.30. The average molecular weight is 283 g/mol. The summed E-state index contributed by atoms with van der Waals surface area (Å²) in [7, 11) is 0. The molecule has 1 rings (SSSR count). The molecule has 0 aromatic rings. The van der Waals surface area contributed by atoms with Gasteiger partial charge in [-0.05, 0) is 56.5 Å². The van der Waals surface area contributed by atoms with Crippen molar-refractivity contribution in [3.05, 3.63) is 0 Å². The molecule has 0 aliphatic heterocycles. The topological polar surface area (TPSA) is 15.3 Å². The van der Waals surface area contributed by atoms with Gasteiger partial charge < -0.3 is 10.2 Å².